The lowest BCUT2D eigenvalue weighted by molar-refractivity contribution is 0.0628. The Hall–Kier alpha value is -1.92. The Morgan fingerprint density at radius 1 is 0.929 bits per heavy atom. The summed E-state index contributed by atoms with van der Waals surface area (Å²) in [6.45, 7) is 3.93. The average Bonchev–Trinajstić information content (AvgIpc) is 3.18. The fraction of sp³-hybridized carbons (Fsp3) is 0.238. The Balaban J connectivity index is 1.33. The summed E-state index contributed by atoms with van der Waals surface area (Å²) in [5, 5.41) is 4.54. The van der Waals surface area contributed by atoms with Gasteiger partial charge in [0.05, 0.1) is 12.2 Å². The summed E-state index contributed by atoms with van der Waals surface area (Å²) < 4.78 is 0. The molecule has 0 unspecified atom stereocenters. The van der Waals surface area contributed by atoms with Crippen LogP contribution >= 0.6 is 34.5 Å². The summed E-state index contributed by atoms with van der Waals surface area (Å²) >= 11 is 13.5. The zero-order valence-corrected chi connectivity index (χ0v) is 17.5. The highest BCUT2D eigenvalue weighted by atomic mass is 35.5. The van der Waals surface area contributed by atoms with Crippen LogP contribution in [-0.4, -0.2) is 46.9 Å². The van der Waals surface area contributed by atoms with E-state index in [9.17, 15) is 4.79 Å². The number of halogens is 2. The van der Waals surface area contributed by atoms with Crippen LogP contribution in [0.4, 0.5) is 0 Å². The smallest absolute Gasteiger partial charge is 0.253 e. The standard InChI is InChI=1S/C21H19Cl2N3OS/c22-17-5-1-15(2-6-17)19-14-28-20(24-19)13-25-9-11-26(12-10-25)21(27)16-3-7-18(23)8-4-16/h1-8,14H,9-13H2. The molecule has 3 aromatic rings. The van der Waals surface area contributed by atoms with Crippen molar-refractivity contribution >= 4 is 40.4 Å². The highest BCUT2D eigenvalue weighted by molar-refractivity contribution is 7.09. The van der Waals surface area contributed by atoms with Crippen LogP contribution in [0.15, 0.2) is 53.9 Å². The molecule has 4 nitrogen and oxygen atoms in total. The summed E-state index contributed by atoms with van der Waals surface area (Å²) in [4.78, 5) is 21.6. The molecule has 0 bridgehead atoms. The predicted octanol–water partition coefficient (Wildman–Crippen LogP) is 5.07. The zero-order chi connectivity index (χ0) is 19.5. The molecule has 0 aliphatic carbocycles. The van der Waals surface area contributed by atoms with E-state index < -0.39 is 0 Å². The molecule has 7 heteroatoms. The SMILES string of the molecule is O=C(c1ccc(Cl)cc1)N1CCN(Cc2nc(-c3ccc(Cl)cc3)cs2)CC1. The van der Waals surface area contributed by atoms with Crippen molar-refractivity contribution in [1.29, 1.82) is 0 Å². The van der Waals surface area contributed by atoms with Gasteiger partial charge in [-0.2, -0.15) is 0 Å². The van der Waals surface area contributed by atoms with Crippen molar-refractivity contribution in [2.24, 2.45) is 0 Å². The van der Waals surface area contributed by atoms with Crippen LogP contribution < -0.4 is 0 Å². The van der Waals surface area contributed by atoms with Gasteiger partial charge in [-0.15, -0.1) is 11.3 Å². The van der Waals surface area contributed by atoms with Gasteiger partial charge in [0.15, 0.2) is 0 Å². The van der Waals surface area contributed by atoms with Gasteiger partial charge in [-0.05, 0) is 36.4 Å². The van der Waals surface area contributed by atoms with Gasteiger partial charge in [-0.25, -0.2) is 4.98 Å². The number of amides is 1. The first-order valence-electron chi connectivity index (χ1n) is 9.06. The van der Waals surface area contributed by atoms with E-state index in [1.165, 1.54) is 0 Å². The maximum absolute atomic E-state index is 12.6. The van der Waals surface area contributed by atoms with Crippen LogP contribution in [0.2, 0.25) is 10.0 Å². The molecule has 2 aromatic carbocycles. The minimum atomic E-state index is 0.0654. The van der Waals surface area contributed by atoms with Gasteiger partial charge in [0.1, 0.15) is 5.01 Å². The third-order valence-corrected chi connectivity index (χ3v) is 6.14. The van der Waals surface area contributed by atoms with Crippen LogP contribution in [0.1, 0.15) is 15.4 Å². The first-order valence-corrected chi connectivity index (χ1v) is 10.7. The summed E-state index contributed by atoms with van der Waals surface area (Å²) in [5.41, 5.74) is 2.74. The molecule has 1 aliphatic rings. The fourth-order valence-electron chi connectivity index (χ4n) is 3.21. The fourth-order valence-corrected chi connectivity index (χ4v) is 4.31. The van der Waals surface area contributed by atoms with Crippen molar-refractivity contribution in [3.8, 4) is 11.3 Å². The lowest BCUT2D eigenvalue weighted by Gasteiger charge is -2.34. The number of nitrogens with zero attached hydrogens (tertiary/aromatic N) is 3. The molecule has 1 aliphatic heterocycles. The lowest BCUT2D eigenvalue weighted by Crippen LogP contribution is -2.48. The second kappa shape index (κ2) is 8.62. The van der Waals surface area contributed by atoms with Gasteiger partial charge in [0, 0.05) is 52.7 Å². The van der Waals surface area contributed by atoms with Gasteiger partial charge < -0.3 is 4.90 Å². The number of hydrogen-bond acceptors (Lipinski definition) is 4. The van der Waals surface area contributed by atoms with E-state index in [0.29, 0.717) is 10.6 Å². The van der Waals surface area contributed by atoms with Crippen molar-refractivity contribution < 1.29 is 4.79 Å². The Morgan fingerprint density at radius 2 is 1.54 bits per heavy atom. The molecule has 1 aromatic heterocycles. The predicted molar refractivity (Wildman–Crippen MR) is 115 cm³/mol. The Labute approximate surface area is 178 Å². The van der Waals surface area contributed by atoms with Gasteiger partial charge in [0.2, 0.25) is 0 Å². The van der Waals surface area contributed by atoms with Crippen LogP contribution in [0.25, 0.3) is 11.3 Å². The molecular formula is C21H19Cl2N3OS. The summed E-state index contributed by atoms with van der Waals surface area (Å²) in [6.07, 6.45) is 0. The molecular weight excluding hydrogens is 413 g/mol. The molecule has 1 amide bonds. The third kappa shape index (κ3) is 4.55. The second-order valence-electron chi connectivity index (χ2n) is 6.71. The largest absolute Gasteiger partial charge is 0.336 e. The highest BCUT2D eigenvalue weighted by Crippen LogP contribution is 2.24. The Kier molecular flexibility index (Phi) is 5.97. The van der Waals surface area contributed by atoms with Crippen LogP contribution in [0, 0.1) is 0 Å². The molecule has 0 saturated carbocycles. The molecule has 28 heavy (non-hydrogen) atoms. The number of carbonyl (C=O) groups excluding carboxylic acids is 1. The molecule has 0 atom stereocenters. The highest BCUT2D eigenvalue weighted by Gasteiger charge is 2.22. The monoisotopic (exact) mass is 431 g/mol. The van der Waals surface area contributed by atoms with Crippen molar-refractivity contribution in [2.75, 3.05) is 26.2 Å². The third-order valence-electron chi connectivity index (χ3n) is 4.80. The van der Waals surface area contributed by atoms with E-state index >= 15 is 0 Å². The molecule has 1 saturated heterocycles. The van der Waals surface area contributed by atoms with Crippen molar-refractivity contribution in [3.63, 3.8) is 0 Å². The van der Waals surface area contributed by atoms with Gasteiger partial charge in [0.25, 0.3) is 5.91 Å². The number of rotatable bonds is 4. The number of aromatic nitrogens is 1. The van der Waals surface area contributed by atoms with Gasteiger partial charge >= 0.3 is 0 Å². The van der Waals surface area contributed by atoms with Crippen molar-refractivity contribution in [3.05, 3.63) is 74.5 Å². The zero-order valence-electron chi connectivity index (χ0n) is 15.1. The number of thiazole rings is 1. The number of benzene rings is 2. The van der Waals surface area contributed by atoms with Gasteiger partial charge in [-0.1, -0.05) is 35.3 Å². The van der Waals surface area contributed by atoms with E-state index in [-0.39, 0.29) is 5.91 Å². The van der Waals surface area contributed by atoms with Crippen LogP contribution in [0.3, 0.4) is 0 Å². The topological polar surface area (TPSA) is 36.4 Å². The molecule has 0 N–H and O–H groups in total. The molecule has 1 fully saturated rings. The van der Waals surface area contributed by atoms with E-state index in [1.54, 1.807) is 35.6 Å². The van der Waals surface area contributed by atoms with E-state index in [1.807, 2.05) is 29.2 Å². The van der Waals surface area contributed by atoms with E-state index in [4.69, 9.17) is 28.2 Å². The quantitative estimate of drug-likeness (QED) is 0.577. The van der Waals surface area contributed by atoms with Crippen molar-refractivity contribution in [2.45, 2.75) is 6.54 Å². The molecule has 0 spiro atoms. The maximum atomic E-state index is 12.6. The molecule has 144 valence electrons. The number of hydrogen-bond donors (Lipinski definition) is 0. The Bertz CT molecular complexity index is 949. The first-order chi connectivity index (χ1) is 13.6. The summed E-state index contributed by atoms with van der Waals surface area (Å²) in [5.74, 6) is 0.0654. The molecule has 4 rings (SSSR count). The summed E-state index contributed by atoms with van der Waals surface area (Å²) in [7, 11) is 0. The maximum Gasteiger partial charge on any atom is 0.253 e. The minimum absolute atomic E-state index is 0.0654. The van der Waals surface area contributed by atoms with Gasteiger partial charge in [-0.3, -0.25) is 9.69 Å². The second-order valence-corrected chi connectivity index (χ2v) is 8.52. The molecule has 2 heterocycles. The lowest BCUT2D eigenvalue weighted by atomic mass is 10.2. The minimum Gasteiger partial charge on any atom is -0.336 e. The average molecular weight is 432 g/mol. The van der Waals surface area contributed by atoms with Crippen LogP contribution in [-0.2, 0) is 6.54 Å². The van der Waals surface area contributed by atoms with E-state index in [0.717, 1.165) is 54.0 Å². The van der Waals surface area contributed by atoms with E-state index in [2.05, 4.69) is 10.3 Å². The Morgan fingerprint density at radius 3 is 2.18 bits per heavy atom. The number of piperazine rings is 1. The van der Waals surface area contributed by atoms with Crippen molar-refractivity contribution in [1.82, 2.24) is 14.8 Å². The molecule has 0 radical (unpaired) electrons. The number of carbonyl (C=O) groups is 1. The summed E-state index contributed by atoms with van der Waals surface area (Å²) in [6, 6.07) is 14.8. The first kappa shape index (κ1) is 19.4. The normalized spacial score (nSPS) is 15.0. The van der Waals surface area contributed by atoms with Crippen LogP contribution in [0.5, 0.6) is 0 Å².